The molecule has 0 radical (unpaired) electrons. The zero-order chi connectivity index (χ0) is 11.3. The minimum atomic E-state index is -0.703. The second kappa shape index (κ2) is 6.11. The molecular formula is C12H23NO2. The normalized spacial score (nSPS) is 28.7. The zero-order valence-corrected chi connectivity index (χ0v) is 9.83. The molecule has 3 nitrogen and oxygen atoms in total. The minimum Gasteiger partial charge on any atom is -0.481 e. The van der Waals surface area contributed by atoms with E-state index in [0.717, 1.165) is 5.92 Å². The van der Waals surface area contributed by atoms with Crippen LogP contribution in [0, 0.1) is 11.8 Å². The van der Waals surface area contributed by atoms with Crippen LogP contribution in [-0.2, 0) is 4.79 Å². The van der Waals surface area contributed by atoms with E-state index in [2.05, 4.69) is 12.2 Å². The Labute approximate surface area is 92.3 Å². The summed E-state index contributed by atoms with van der Waals surface area (Å²) >= 11 is 0. The van der Waals surface area contributed by atoms with E-state index in [9.17, 15) is 4.79 Å². The largest absolute Gasteiger partial charge is 0.481 e. The molecule has 3 unspecified atom stereocenters. The monoisotopic (exact) mass is 213 g/mol. The molecule has 1 saturated carbocycles. The molecular weight excluding hydrogens is 190 g/mol. The molecule has 0 aromatic rings. The van der Waals surface area contributed by atoms with Gasteiger partial charge in [0, 0.05) is 12.6 Å². The average molecular weight is 213 g/mol. The number of aliphatic carboxylic acids is 1. The van der Waals surface area contributed by atoms with E-state index in [1.165, 1.54) is 32.1 Å². The Balaban J connectivity index is 2.23. The Morgan fingerprint density at radius 3 is 2.87 bits per heavy atom. The van der Waals surface area contributed by atoms with Gasteiger partial charge in [0.1, 0.15) is 0 Å². The van der Waals surface area contributed by atoms with Gasteiger partial charge < -0.3 is 10.4 Å². The third-order valence-electron chi connectivity index (χ3n) is 3.49. The molecule has 0 saturated heterocycles. The maximum atomic E-state index is 10.7. The summed E-state index contributed by atoms with van der Waals surface area (Å²) in [6.45, 7) is 4.61. The van der Waals surface area contributed by atoms with Gasteiger partial charge in [0.2, 0.25) is 0 Å². The molecule has 2 N–H and O–H groups in total. The number of nitrogens with one attached hydrogen (secondary N) is 1. The highest BCUT2D eigenvalue weighted by molar-refractivity contribution is 5.69. The SMILES string of the molecule is CCC1CCCC(NCC(C)C(=O)O)C1. The first-order chi connectivity index (χ1) is 7.13. The molecule has 15 heavy (non-hydrogen) atoms. The molecule has 3 atom stereocenters. The number of carbonyl (C=O) groups is 1. The first kappa shape index (κ1) is 12.5. The third kappa shape index (κ3) is 4.20. The van der Waals surface area contributed by atoms with E-state index in [1.54, 1.807) is 6.92 Å². The van der Waals surface area contributed by atoms with E-state index in [1.807, 2.05) is 0 Å². The van der Waals surface area contributed by atoms with E-state index < -0.39 is 5.97 Å². The van der Waals surface area contributed by atoms with Gasteiger partial charge in [-0.2, -0.15) is 0 Å². The molecule has 0 heterocycles. The van der Waals surface area contributed by atoms with Crippen molar-refractivity contribution >= 4 is 5.97 Å². The second-order valence-corrected chi connectivity index (χ2v) is 4.79. The molecule has 0 aliphatic heterocycles. The van der Waals surface area contributed by atoms with Crippen LogP contribution in [0.2, 0.25) is 0 Å². The van der Waals surface area contributed by atoms with Crippen LogP contribution in [0.4, 0.5) is 0 Å². The summed E-state index contributed by atoms with van der Waals surface area (Å²) in [5.74, 6) is -0.131. The lowest BCUT2D eigenvalue weighted by molar-refractivity contribution is -0.141. The van der Waals surface area contributed by atoms with Crippen molar-refractivity contribution in [1.82, 2.24) is 5.32 Å². The molecule has 1 rings (SSSR count). The van der Waals surface area contributed by atoms with Crippen molar-refractivity contribution < 1.29 is 9.90 Å². The maximum absolute atomic E-state index is 10.7. The summed E-state index contributed by atoms with van der Waals surface area (Å²) in [7, 11) is 0. The van der Waals surface area contributed by atoms with Gasteiger partial charge in [-0.25, -0.2) is 0 Å². The van der Waals surface area contributed by atoms with E-state index >= 15 is 0 Å². The van der Waals surface area contributed by atoms with E-state index in [0.29, 0.717) is 12.6 Å². The van der Waals surface area contributed by atoms with Crippen LogP contribution in [-0.4, -0.2) is 23.7 Å². The number of carboxylic acid groups (broad SMARTS) is 1. The van der Waals surface area contributed by atoms with Crippen LogP contribution < -0.4 is 5.32 Å². The number of carboxylic acids is 1. The Hall–Kier alpha value is -0.570. The fraction of sp³-hybridized carbons (Fsp3) is 0.917. The van der Waals surface area contributed by atoms with Crippen molar-refractivity contribution in [2.75, 3.05) is 6.54 Å². The average Bonchev–Trinajstić information content (AvgIpc) is 2.26. The van der Waals surface area contributed by atoms with Crippen molar-refractivity contribution in [3.8, 4) is 0 Å². The number of hydrogen-bond donors (Lipinski definition) is 2. The molecule has 1 fully saturated rings. The van der Waals surface area contributed by atoms with Crippen molar-refractivity contribution in [1.29, 1.82) is 0 Å². The third-order valence-corrected chi connectivity index (χ3v) is 3.49. The molecule has 0 bridgehead atoms. The van der Waals surface area contributed by atoms with Gasteiger partial charge in [-0.3, -0.25) is 4.79 Å². The zero-order valence-electron chi connectivity index (χ0n) is 9.83. The summed E-state index contributed by atoms with van der Waals surface area (Å²) in [5.41, 5.74) is 0. The van der Waals surface area contributed by atoms with Crippen LogP contribution in [0.25, 0.3) is 0 Å². The van der Waals surface area contributed by atoms with Crippen LogP contribution in [0.5, 0.6) is 0 Å². The topological polar surface area (TPSA) is 49.3 Å². The Kier molecular flexibility index (Phi) is 5.09. The summed E-state index contributed by atoms with van der Waals surface area (Å²) in [5, 5.41) is 12.2. The van der Waals surface area contributed by atoms with Crippen LogP contribution in [0.3, 0.4) is 0 Å². The standard InChI is InChI=1S/C12H23NO2/c1-3-10-5-4-6-11(7-10)13-8-9(2)12(14)15/h9-11,13H,3-8H2,1-2H3,(H,14,15). The predicted octanol–water partition coefficient (Wildman–Crippen LogP) is 2.27. The summed E-state index contributed by atoms with van der Waals surface area (Å²) in [6, 6.07) is 0.547. The van der Waals surface area contributed by atoms with Gasteiger partial charge in [0.25, 0.3) is 0 Å². The number of hydrogen-bond acceptors (Lipinski definition) is 2. The molecule has 0 amide bonds. The van der Waals surface area contributed by atoms with Crippen molar-refractivity contribution in [3.05, 3.63) is 0 Å². The first-order valence-electron chi connectivity index (χ1n) is 6.09. The van der Waals surface area contributed by atoms with E-state index in [-0.39, 0.29) is 5.92 Å². The highest BCUT2D eigenvalue weighted by Crippen LogP contribution is 2.26. The lowest BCUT2D eigenvalue weighted by atomic mass is 9.84. The summed E-state index contributed by atoms with van der Waals surface area (Å²) in [6.07, 6.45) is 6.33. The molecule has 3 heteroatoms. The van der Waals surface area contributed by atoms with Crippen molar-refractivity contribution in [2.45, 2.75) is 52.0 Å². The molecule has 88 valence electrons. The van der Waals surface area contributed by atoms with Gasteiger partial charge in [0.15, 0.2) is 0 Å². The molecule has 0 aromatic carbocycles. The lowest BCUT2D eigenvalue weighted by Gasteiger charge is -2.29. The molecule has 0 spiro atoms. The van der Waals surface area contributed by atoms with Gasteiger partial charge in [0.05, 0.1) is 5.92 Å². The lowest BCUT2D eigenvalue weighted by Crippen LogP contribution is -2.38. The molecule has 1 aliphatic rings. The first-order valence-corrected chi connectivity index (χ1v) is 6.09. The summed E-state index contributed by atoms with van der Waals surface area (Å²) in [4.78, 5) is 10.7. The fourth-order valence-electron chi connectivity index (χ4n) is 2.28. The smallest absolute Gasteiger partial charge is 0.307 e. The maximum Gasteiger partial charge on any atom is 0.307 e. The van der Waals surface area contributed by atoms with E-state index in [4.69, 9.17) is 5.11 Å². The van der Waals surface area contributed by atoms with Crippen LogP contribution >= 0.6 is 0 Å². The Morgan fingerprint density at radius 2 is 2.27 bits per heavy atom. The van der Waals surface area contributed by atoms with Crippen molar-refractivity contribution in [2.24, 2.45) is 11.8 Å². The molecule has 1 aliphatic carbocycles. The highest BCUT2D eigenvalue weighted by Gasteiger charge is 2.21. The second-order valence-electron chi connectivity index (χ2n) is 4.79. The number of rotatable bonds is 5. The Bertz CT molecular complexity index is 206. The van der Waals surface area contributed by atoms with Gasteiger partial charge >= 0.3 is 5.97 Å². The summed E-state index contributed by atoms with van der Waals surface area (Å²) < 4.78 is 0. The van der Waals surface area contributed by atoms with Crippen LogP contribution in [0.15, 0.2) is 0 Å². The van der Waals surface area contributed by atoms with Gasteiger partial charge in [-0.15, -0.1) is 0 Å². The highest BCUT2D eigenvalue weighted by atomic mass is 16.4. The van der Waals surface area contributed by atoms with Crippen molar-refractivity contribution in [3.63, 3.8) is 0 Å². The predicted molar refractivity (Wildman–Crippen MR) is 60.8 cm³/mol. The van der Waals surface area contributed by atoms with Gasteiger partial charge in [-0.1, -0.05) is 33.1 Å². The van der Waals surface area contributed by atoms with Crippen LogP contribution in [0.1, 0.15) is 46.0 Å². The fourth-order valence-corrected chi connectivity index (χ4v) is 2.28. The Morgan fingerprint density at radius 1 is 1.53 bits per heavy atom. The quantitative estimate of drug-likeness (QED) is 0.736. The minimum absolute atomic E-state index is 0.271. The van der Waals surface area contributed by atoms with Gasteiger partial charge in [-0.05, 0) is 18.8 Å². The molecule has 0 aromatic heterocycles.